The minimum absolute atomic E-state index is 0.240. The van der Waals surface area contributed by atoms with Gasteiger partial charge in [0.1, 0.15) is 6.10 Å². The highest BCUT2D eigenvalue weighted by Crippen LogP contribution is 2.29. The Labute approximate surface area is 156 Å². The molecule has 4 rings (SSSR count). The lowest BCUT2D eigenvalue weighted by atomic mass is 9.92. The Kier molecular flexibility index (Phi) is 4.58. The van der Waals surface area contributed by atoms with Crippen LogP contribution in [0.4, 0.5) is 4.79 Å². The summed E-state index contributed by atoms with van der Waals surface area (Å²) in [6, 6.07) is 7.78. The monoisotopic (exact) mass is 364 g/mol. The zero-order valence-corrected chi connectivity index (χ0v) is 15.0. The van der Waals surface area contributed by atoms with Crippen LogP contribution in [0, 0.1) is 0 Å². The van der Waals surface area contributed by atoms with Gasteiger partial charge < -0.3 is 15.4 Å². The number of aromatic nitrogens is 1. The van der Waals surface area contributed by atoms with Crippen LogP contribution < -0.4 is 10.6 Å². The number of hydrogen-bond donors (Lipinski definition) is 2. The van der Waals surface area contributed by atoms with Crippen molar-refractivity contribution in [1.82, 2.24) is 15.6 Å². The van der Waals surface area contributed by atoms with Crippen molar-refractivity contribution in [3.63, 3.8) is 0 Å². The highest BCUT2D eigenvalue weighted by Gasteiger charge is 2.27. The Hall–Kier alpha value is -3.22. The number of carbonyl (C=O) groups is 2. The topological polar surface area (TPSA) is 92.7 Å². The van der Waals surface area contributed by atoms with Crippen LogP contribution in [0.1, 0.15) is 27.8 Å². The van der Waals surface area contributed by atoms with Crippen LogP contribution in [-0.4, -0.2) is 42.4 Å². The first-order valence-corrected chi connectivity index (χ1v) is 8.89. The summed E-state index contributed by atoms with van der Waals surface area (Å²) in [5.74, 6) is -0.273. The van der Waals surface area contributed by atoms with E-state index in [4.69, 9.17) is 4.74 Å². The first-order chi connectivity index (χ1) is 13.1. The maximum Gasteiger partial charge on any atom is 0.314 e. The number of carbonyl (C=O) groups excluding carboxylic acids is 2. The molecule has 1 unspecified atom stereocenters. The van der Waals surface area contributed by atoms with Gasteiger partial charge in [0.15, 0.2) is 0 Å². The van der Waals surface area contributed by atoms with Gasteiger partial charge in [0, 0.05) is 37.0 Å². The molecule has 1 aromatic carbocycles. The van der Waals surface area contributed by atoms with Crippen molar-refractivity contribution in [1.29, 1.82) is 0 Å². The molecule has 2 aliphatic rings. The summed E-state index contributed by atoms with van der Waals surface area (Å²) in [5, 5.41) is 5.21. The van der Waals surface area contributed by atoms with Crippen molar-refractivity contribution in [2.24, 2.45) is 4.99 Å². The predicted octanol–water partition coefficient (Wildman–Crippen LogP) is 1.37. The van der Waals surface area contributed by atoms with Gasteiger partial charge in [-0.25, -0.2) is 4.79 Å². The minimum atomic E-state index is -0.392. The molecule has 3 heterocycles. The summed E-state index contributed by atoms with van der Waals surface area (Å²) in [6.45, 7) is 0.879. The molecule has 7 nitrogen and oxygen atoms in total. The fraction of sp³-hybridized carbons (Fsp3) is 0.300. The Balaban J connectivity index is 1.63. The Morgan fingerprint density at radius 1 is 1.22 bits per heavy atom. The molecule has 0 saturated carbocycles. The van der Waals surface area contributed by atoms with E-state index >= 15 is 0 Å². The second-order valence-corrected chi connectivity index (χ2v) is 6.63. The maximum absolute atomic E-state index is 12.2. The smallest absolute Gasteiger partial charge is 0.314 e. The SMILES string of the molecule is CNC(=O)NCC1Cc2cc3c(cc2CC(=O)O1)CN=C3c1ccncc1. The van der Waals surface area contributed by atoms with Crippen molar-refractivity contribution in [3.8, 4) is 0 Å². The van der Waals surface area contributed by atoms with Gasteiger partial charge in [0.25, 0.3) is 0 Å². The van der Waals surface area contributed by atoms with E-state index in [0.717, 1.165) is 33.5 Å². The van der Waals surface area contributed by atoms with Gasteiger partial charge in [0.05, 0.1) is 25.2 Å². The van der Waals surface area contributed by atoms with Gasteiger partial charge in [-0.3, -0.25) is 14.8 Å². The standard InChI is InChI=1S/C20H20N4O3/c1-21-20(26)24-11-16-7-14-8-17-15(6-13(14)9-18(25)27-16)10-23-19(17)12-2-4-22-5-3-12/h2-6,8,16H,7,9-11H2,1H3,(H2,21,24,26). The van der Waals surface area contributed by atoms with E-state index in [9.17, 15) is 9.59 Å². The molecule has 1 atom stereocenters. The molecule has 2 amide bonds. The third-order valence-corrected chi connectivity index (χ3v) is 4.84. The molecule has 0 fully saturated rings. The number of rotatable bonds is 3. The Morgan fingerprint density at radius 3 is 2.81 bits per heavy atom. The number of fused-ring (bicyclic) bond motifs is 2. The zero-order chi connectivity index (χ0) is 18.8. The number of pyridine rings is 1. The first-order valence-electron chi connectivity index (χ1n) is 8.89. The molecule has 0 spiro atoms. The highest BCUT2D eigenvalue weighted by atomic mass is 16.5. The third kappa shape index (κ3) is 3.53. The number of nitrogens with one attached hydrogen (secondary N) is 2. The van der Waals surface area contributed by atoms with Crippen molar-refractivity contribution < 1.29 is 14.3 Å². The maximum atomic E-state index is 12.2. The van der Waals surface area contributed by atoms with Gasteiger partial charge >= 0.3 is 12.0 Å². The molecule has 0 radical (unpaired) electrons. The van der Waals surface area contributed by atoms with E-state index in [0.29, 0.717) is 13.0 Å². The summed E-state index contributed by atoms with van der Waals surface area (Å²) < 4.78 is 5.51. The Bertz CT molecular complexity index is 924. The molecule has 2 aromatic rings. The number of urea groups is 1. The van der Waals surface area contributed by atoms with Gasteiger partial charge in [-0.05, 0) is 34.9 Å². The van der Waals surface area contributed by atoms with E-state index in [1.54, 1.807) is 19.4 Å². The highest BCUT2D eigenvalue weighted by molar-refractivity contribution is 6.15. The van der Waals surface area contributed by atoms with Crippen molar-refractivity contribution >= 4 is 17.7 Å². The summed E-state index contributed by atoms with van der Waals surface area (Å²) in [4.78, 5) is 32.4. The minimum Gasteiger partial charge on any atom is -0.460 e. The second kappa shape index (κ2) is 7.19. The number of ether oxygens (including phenoxy) is 1. The molecule has 27 heavy (non-hydrogen) atoms. The number of esters is 1. The lowest BCUT2D eigenvalue weighted by Crippen LogP contribution is -2.40. The van der Waals surface area contributed by atoms with Crippen molar-refractivity contribution in [3.05, 3.63) is 64.5 Å². The molecule has 7 heteroatoms. The largest absolute Gasteiger partial charge is 0.460 e. The molecular formula is C20H20N4O3. The molecule has 2 aliphatic heterocycles. The van der Waals surface area contributed by atoms with E-state index in [1.165, 1.54) is 0 Å². The zero-order valence-electron chi connectivity index (χ0n) is 15.0. The van der Waals surface area contributed by atoms with Crippen LogP contribution in [0.25, 0.3) is 0 Å². The molecule has 1 aromatic heterocycles. The van der Waals surface area contributed by atoms with E-state index in [1.807, 2.05) is 12.1 Å². The molecular weight excluding hydrogens is 344 g/mol. The van der Waals surface area contributed by atoms with E-state index in [-0.39, 0.29) is 25.0 Å². The predicted molar refractivity (Wildman–Crippen MR) is 99.8 cm³/mol. The van der Waals surface area contributed by atoms with E-state index in [2.05, 4.69) is 32.7 Å². The normalized spacial score (nSPS) is 17.9. The fourth-order valence-electron chi connectivity index (χ4n) is 3.53. The quantitative estimate of drug-likeness (QED) is 0.805. The summed E-state index contributed by atoms with van der Waals surface area (Å²) in [6.07, 6.45) is 3.92. The summed E-state index contributed by atoms with van der Waals surface area (Å²) in [5.41, 5.74) is 6.23. The van der Waals surface area contributed by atoms with Crippen LogP contribution >= 0.6 is 0 Å². The number of nitrogens with zero attached hydrogens (tertiary/aromatic N) is 2. The number of hydrogen-bond acceptors (Lipinski definition) is 5. The van der Waals surface area contributed by atoms with Crippen molar-refractivity contribution in [2.45, 2.75) is 25.5 Å². The molecule has 138 valence electrons. The number of benzene rings is 1. The summed E-state index contributed by atoms with van der Waals surface area (Å²) >= 11 is 0. The molecule has 0 aliphatic carbocycles. The lowest BCUT2D eigenvalue weighted by molar-refractivity contribution is -0.147. The molecule has 2 N–H and O–H groups in total. The van der Waals surface area contributed by atoms with Crippen LogP contribution in [0.15, 0.2) is 41.7 Å². The first kappa shape index (κ1) is 17.2. The van der Waals surface area contributed by atoms with Gasteiger partial charge in [-0.1, -0.05) is 6.07 Å². The van der Waals surface area contributed by atoms with Crippen molar-refractivity contribution in [2.75, 3.05) is 13.6 Å². The average Bonchev–Trinajstić information content (AvgIpc) is 3.01. The lowest BCUT2D eigenvalue weighted by Gasteiger charge is -2.16. The fourth-order valence-corrected chi connectivity index (χ4v) is 3.53. The van der Waals surface area contributed by atoms with Crippen LogP contribution in [0.2, 0.25) is 0 Å². The average molecular weight is 364 g/mol. The van der Waals surface area contributed by atoms with Crippen LogP contribution in [0.5, 0.6) is 0 Å². The number of cyclic esters (lactones) is 1. The number of aliphatic imine (C=N–C) groups is 1. The van der Waals surface area contributed by atoms with Gasteiger partial charge in [0.2, 0.25) is 0 Å². The van der Waals surface area contributed by atoms with E-state index < -0.39 is 6.10 Å². The summed E-state index contributed by atoms with van der Waals surface area (Å²) in [7, 11) is 1.55. The third-order valence-electron chi connectivity index (χ3n) is 4.84. The molecule has 0 bridgehead atoms. The second-order valence-electron chi connectivity index (χ2n) is 6.63. The molecule has 0 saturated heterocycles. The van der Waals surface area contributed by atoms with Gasteiger partial charge in [-0.2, -0.15) is 0 Å². The number of amides is 2. The van der Waals surface area contributed by atoms with Gasteiger partial charge in [-0.15, -0.1) is 0 Å². The van der Waals surface area contributed by atoms with Crippen LogP contribution in [0.3, 0.4) is 0 Å². The van der Waals surface area contributed by atoms with Crippen LogP contribution in [-0.2, 0) is 28.9 Å². The Morgan fingerprint density at radius 2 is 2.04 bits per heavy atom.